The summed E-state index contributed by atoms with van der Waals surface area (Å²) in [6.45, 7) is 10.5. The van der Waals surface area contributed by atoms with Crippen molar-refractivity contribution in [2.45, 2.75) is 52.6 Å². The number of rotatable bonds is 7. The molecule has 3 N–H and O–H groups in total. The number of aliphatic hydroxyl groups excluding tert-OH is 1. The van der Waals surface area contributed by atoms with E-state index < -0.39 is 0 Å². The predicted octanol–water partition coefficient (Wildman–Crippen LogP) is 0.898. The minimum atomic E-state index is -0.201. The third kappa shape index (κ3) is 6.80. The van der Waals surface area contributed by atoms with Crippen LogP contribution in [0.15, 0.2) is 0 Å². The molecule has 0 aromatic heterocycles. The third-order valence-electron chi connectivity index (χ3n) is 2.85. The van der Waals surface area contributed by atoms with Crippen LogP contribution in [0.4, 0.5) is 0 Å². The van der Waals surface area contributed by atoms with Crippen molar-refractivity contribution in [1.82, 2.24) is 10.6 Å². The number of carbonyl (C=O) groups excluding carboxylic acids is 1. The van der Waals surface area contributed by atoms with Gasteiger partial charge in [0, 0.05) is 18.2 Å². The first-order chi connectivity index (χ1) is 7.28. The van der Waals surface area contributed by atoms with Crippen LogP contribution in [0.3, 0.4) is 0 Å². The van der Waals surface area contributed by atoms with Gasteiger partial charge in [-0.05, 0) is 33.1 Å². The van der Waals surface area contributed by atoms with Gasteiger partial charge in [-0.3, -0.25) is 4.79 Å². The van der Waals surface area contributed by atoms with Crippen LogP contribution >= 0.6 is 0 Å². The zero-order valence-corrected chi connectivity index (χ0v) is 11.1. The molecule has 1 atom stereocenters. The van der Waals surface area contributed by atoms with Crippen molar-refractivity contribution in [3.05, 3.63) is 0 Å². The van der Waals surface area contributed by atoms with E-state index in [4.69, 9.17) is 5.11 Å². The van der Waals surface area contributed by atoms with Crippen LogP contribution in [0.5, 0.6) is 0 Å². The molecule has 0 aliphatic carbocycles. The molecule has 0 bridgehead atoms. The highest BCUT2D eigenvalue weighted by Gasteiger charge is 2.18. The monoisotopic (exact) mass is 230 g/mol. The first-order valence-corrected chi connectivity index (χ1v) is 5.94. The Bertz CT molecular complexity index is 215. The van der Waals surface area contributed by atoms with E-state index in [-0.39, 0.29) is 24.1 Å². The number of nitrogens with one attached hydrogen (secondary N) is 2. The van der Waals surface area contributed by atoms with Gasteiger partial charge in [0.25, 0.3) is 0 Å². The molecule has 0 radical (unpaired) electrons. The van der Waals surface area contributed by atoms with E-state index in [9.17, 15) is 4.79 Å². The van der Waals surface area contributed by atoms with Crippen LogP contribution in [0, 0.1) is 5.92 Å². The molecule has 0 spiro atoms. The highest BCUT2D eigenvalue weighted by Crippen LogP contribution is 2.06. The molecule has 1 unspecified atom stereocenters. The summed E-state index contributed by atoms with van der Waals surface area (Å²) in [7, 11) is 0. The van der Waals surface area contributed by atoms with Gasteiger partial charge in [0.05, 0.1) is 6.54 Å². The molecule has 0 rings (SSSR count). The number of carbonyl (C=O) groups is 1. The second kappa shape index (κ2) is 6.86. The van der Waals surface area contributed by atoms with Crippen molar-refractivity contribution < 1.29 is 9.90 Å². The number of hydrogen-bond donors (Lipinski definition) is 3. The van der Waals surface area contributed by atoms with Crippen molar-refractivity contribution in [3.8, 4) is 0 Å². The second-order valence-corrected chi connectivity index (χ2v) is 5.31. The lowest BCUT2D eigenvalue weighted by molar-refractivity contribution is -0.121. The van der Waals surface area contributed by atoms with Crippen LogP contribution in [0.2, 0.25) is 0 Å². The minimum Gasteiger partial charge on any atom is -0.396 e. The molecule has 0 heterocycles. The molecule has 1 amide bonds. The Morgan fingerprint density at radius 3 is 2.31 bits per heavy atom. The van der Waals surface area contributed by atoms with Crippen molar-refractivity contribution in [2.75, 3.05) is 13.2 Å². The molecular formula is C12H26N2O2. The van der Waals surface area contributed by atoms with Gasteiger partial charge in [-0.25, -0.2) is 0 Å². The minimum absolute atomic E-state index is 0.00668. The number of aliphatic hydroxyl groups is 1. The average Bonchev–Trinajstić information content (AvgIpc) is 2.14. The highest BCUT2D eigenvalue weighted by atomic mass is 16.3. The van der Waals surface area contributed by atoms with E-state index in [1.165, 1.54) is 0 Å². The van der Waals surface area contributed by atoms with Crippen LogP contribution < -0.4 is 10.6 Å². The Labute approximate surface area is 98.8 Å². The summed E-state index contributed by atoms with van der Waals surface area (Å²) in [5, 5.41) is 14.9. The van der Waals surface area contributed by atoms with E-state index in [0.29, 0.717) is 18.9 Å². The maximum atomic E-state index is 11.6. The first kappa shape index (κ1) is 15.4. The lowest BCUT2D eigenvalue weighted by Crippen LogP contribution is -2.48. The molecule has 0 aromatic rings. The molecule has 0 aliphatic rings. The Morgan fingerprint density at radius 1 is 1.31 bits per heavy atom. The molecular weight excluding hydrogens is 204 g/mol. The van der Waals surface area contributed by atoms with Crippen LogP contribution in [-0.2, 0) is 4.79 Å². The maximum absolute atomic E-state index is 11.6. The Morgan fingerprint density at radius 2 is 1.88 bits per heavy atom. The van der Waals surface area contributed by atoms with Gasteiger partial charge < -0.3 is 15.7 Å². The summed E-state index contributed by atoms with van der Waals surface area (Å²) in [6, 6.07) is 0.190. The lowest BCUT2D eigenvalue weighted by Gasteiger charge is -2.26. The topological polar surface area (TPSA) is 61.4 Å². The summed E-state index contributed by atoms with van der Waals surface area (Å²) in [4.78, 5) is 11.6. The van der Waals surface area contributed by atoms with Gasteiger partial charge >= 0.3 is 0 Å². The van der Waals surface area contributed by atoms with Gasteiger partial charge in [-0.15, -0.1) is 0 Å². The molecule has 0 aliphatic heterocycles. The Balaban J connectivity index is 3.89. The zero-order valence-electron chi connectivity index (χ0n) is 11.1. The molecule has 16 heavy (non-hydrogen) atoms. The van der Waals surface area contributed by atoms with Crippen LogP contribution in [0.1, 0.15) is 41.0 Å². The summed E-state index contributed by atoms with van der Waals surface area (Å²) in [5.74, 6) is 0.446. The standard InChI is InChI=1S/C12H26N2O2/c1-9(2)10(3)14-11(16)8-13-12(4,5)6-7-15/h9-10,13,15H,6-8H2,1-5H3,(H,14,16). The molecule has 0 saturated heterocycles. The highest BCUT2D eigenvalue weighted by molar-refractivity contribution is 5.78. The van der Waals surface area contributed by atoms with Crippen LogP contribution in [-0.4, -0.2) is 35.7 Å². The van der Waals surface area contributed by atoms with Gasteiger partial charge in [-0.2, -0.15) is 0 Å². The van der Waals surface area contributed by atoms with E-state index >= 15 is 0 Å². The van der Waals surface area contributed by atoms with Crippen molar-refractivity contribution in [3.63, 3.8) is 0 Å². The summed E-state index contributed by atoms with van der Waals surface area (Å²) < 4.78 is 0. The lowest BCUT2D eigenvalue weighted by atomic mass is 10.0. The fourth-order valence-electron chi connectivity index (χ4n) is 1.16. The average molecular weight is 230 g/mol. The third-order valence-corrected chi connectivity index (χ3v) is 2.85. The fourth-order valence-corrected chi connectivity index (χ4v) is 1.16. The van der Waals surface area contributed by atoms with E-state index in [2.05, 4.69) is 24.5 Å². The smallest absolute Gasteiger partial charge is 0.234 e. The van der Waals surface area contributed by atoms with Crippen molar-refractivity contribution >= 4 is 5.91 Å². The zero-order chi connectivity index (χ0) is 12.8. The largest absolute Gasteiger partial charge is 0.396 e. The first-order valence-electron chi connectivity index (χ1n) is 5.94. The maximum Gasteiger partial charge on any atom is 0.234 e. The molecule has 0 saturated carbocycles. The normalized spacial score (nSPS) is 13.9. The predicted molar refractivity (Wildman–Crippen MR) is 66.2 cm³/mol. The molecule has 4 heteroatoms. The molecule has 4 nitrogen and oxygen atoms in total. The summed E-state index contributed by atoms with van der Waals surface area (Å²) in [6.07, 6.45) is 0.639. The van der Waals surface area contributed by atoms with E-state index in [0.717, 1.165) is 0 Å². The van der Waals surface area contributed by atoms with Crippen molar-refractivity contribution in [2.24, 2.45) is 5.92 Å². The van der Waals surface area contributed by atoms with Gasteiger partial charge in [-0.1, -0.05) is 13.8 Å². The van der Waals surface area contributed by atoms with Gasteiger partial charge in [0.15, 0.2) is 0 Å². The Hall–Kier alpha value is -0.610. The molecule has 96 valence electrons. The second-order valence-electron chi connectivity index (χ2n) is 5.31. The summed E-state index contributed by atoms with van der Waals surface area (Å²) in [5.41, 5.74) is -0.201. The quantitative estimate of drug-likeness (QED) is 0.609. The molecule has 0 aromatic carbocycles. The molecule has 0 fully saturated rings. The van der Waals surface area contributed by atoms with Gasteiger partial charge in [0.1, 0.15) is 0 Å². The number of hydrogen-bond acceptors (Lipinski definition) is 3. The summed E-state index contributed by atoms with van der Waals surface area (Å²) >= 11 is 0. The van der Waals surface area contributed by atoms with E-state index in [1.807, 2.05) is 20.8 Å². The fraction of sp³-hybridized carbons (Fsp3) is 0.917. The van der Waals surface area contributed by atoms with Gasteiger partial charge in [0.2, 0.25) is 5.91 Å². The Kier molecular flexibility index (Phi) is 6.60. The number of amides is 1. The van der Waals surface area contributed by atoms with E-state index in [1.54, 1.807) is 0 Å². The SMILES string of the molecule is CC(C)C(C)NC(=O)CNC(C)(C)CCO. The van der Waals surface area contributed by atoms with Crippen LogP contribution in [0.25, 0.3) is 0 Å². The van der Waals surface area contributed by atoms with Crippen molar-refractivity contribution in [1.29, 1.82) is 0 Å².